The van der Waals surface area contributed by atoms with Gasteiger partial charge in [-0.05, 0) is 48.9 Å². The molecule has 100 valence electrons. The third-order valence-electron chi connectivity index (χ3n) is 3.97. The Bertz CT molecular complexity index is 352. The first-order valence-corrected chi connectivity index (χ1v) is 8.05. The first-order valence-electron chi connectivity index (χ1n) is 7.17. The zero-order valence-corrected chi connectivity index (χ0v) is 12.4. The summed E-state index contributed by atoms with van der Waals surface area (Å²) < 4.78 is 0. The Kier molecular flexibility index (Phi) is 5.13. The van der Waals surface area contributed by atoms with Gasteiger partial charge in [-0.2, -0.15) is 0 Å². The highest BCUT2D eigenvalue weighted by atomic mass is 32.2. The third-order valence-corrected chi connectivity index (χ3v) is 5.32. The minimum atomic E-state index is 0.496. The van der Waals surface area contributed by atoms with E-state index in [1.807, 2.05) is 0 Å². The van der Waals surface area contributed by atoms with Crippen LogP contribution in [0.3, 0.4) is 0 Å². The van der Waals surface area contributed by atoms with E-state index < -0.39 is 0 Å². The maximum atomic E-state index is 5.87. The molecule has 1 atom stereocenters. The molecule has 2 rings (SSSR count). The fourth-order valence-electron chi connectivity index (χ4n) is 2.79. The van der Waals surface area contributed by atoms with Gasteiger partial charge in [0.2, 0.25) is 0 Å². The smallest absolute Gasteiger partial charge is 0.00944 e. The maximum Gasteiger partial charge on any atom is 0.00944 e. The van der Waals surface area contributed by atoms with Crippen molar-refractivity contribution in [1.29, 1.82) is 0 Å². The van der Waals surface area contributed by atoms with E-state index in [1.165, 1.54) is 36.1 Å². The zero-order chi connectivity index (χ0) is 13.0. The van der Waals surface area contributed by atoms with Gasteiger partial charge in [0.05, 0.1) is 0 Å². The lowest BCUT2D eigenvalue weighted by molar-refractivity contribution is 0.506. The van der Waals surface area contributed by atoms with Crippen LogP contribution in [0.15, 0.2) is 29.2 Å². The molecule has 0 aromatic heterocycles. The van der Waals surface area contributed by atoms with Gasteiger partial charge in [0.25, 0.3) is 0 Å². The second-order valence-corrected chi connectivity index (χ2v) is 7.05. The summed E-state index contributed by atoms with van der Waals surface area (Å²) in [7, 11) is 0. The molecule has 0 amide bonds. The van der Waals surface area contributed by atoms with Crippen molar-refractivity contribution in [2.45, 2.75) is 55.6 Å². The fourth-order valence-corrected chi connectivity index (χ4v) is 4.03. The molecule has 0 bridgehead atoms. The number of nitrogens with two attached hydrogens (primary N) is 1. The van der Waals surface area contributed by atoms with Crippen LogP contribution >= 0.6 is 11.8 Å². The molecular weight excluding hydrogens is 238 g/mol. The Hall–Kier alpha value is -0.470. The van der Waals surface area contributed by atoms with E-state index in [-0.39, 0.29) is 0 Å². The standard InChI is InChI=1S/C16H25NS/c1-12(2)16(11-17)13-7-9-15(10-8-13)18-14-5-3-4-6-14/h7-10,12,14,16H,3-6,11,17H2,1-2H3. The Morgan fingerprint density at radius 3 is 2.28 bits per heavy atom. The second kappa shape index (κ2) is 6.63. The molecule has 1 aliphatic rings. The summed E-state index contributed by atoms with van der Waals surface area (Å²) in [6.45, 7) is 5.24. The van der Waals surface area contributed by atoms with Crippen molar-refractivity contribution >= 4 is 11.8 Å². The molecule has 2 N–H and O–H groups in total. The summed E-state index contributed by atoms with van der Waals surface area (Å²) in [6, 6.07) is 9.11. The van der Waals surface area contributed by atoms with Gasteiger partial charge in [-0.15, -0.1) is 11.8 Å². The number of rotatable bonds is 5. The van der Waals surface area contributed by atoms with Crippen LogP contribution in [0.25, 0.3) is 0 Å². The van der Waals surface area contributed by atoms with Crippen LogP contribution in [0.5, 0.6) is 0 Å². The highest BCUT2D eigenvalue weighted by Gasteiger charge is 2.17. The lowest BCUT2D eigenvalue weighted by Crippen LogP contribution is -2.17. The van der Waals surface area contributed by atoms with Gasteiger partial charge in [-0.1, -0.05) is 38.8 Å². The van der Waals surface area contributed by atoms with Crippen LogP contribution in [0.4, 0.5) is 0 Å². The molecule has 1 unspecified atom stereocenters. The van der Waals surface area contributed by atoms with Gasteiger partial charge in [-0.25, -0.2) is 0 Å². The molecule has 0 spiro atoms. The molecule has 1 aromatic carbocycles. The van der Waals surface area contributed by atoms with Crippen LogP contribution < -0.4 is 5.73 Å². The first kappa shape index (κ1) is 14.0. The molecule has 1 aromatic rings. The normalized spacial score (nSPS) is 18.4. The molecule has 0 radical (unpaired) electrons. The van der Waals surface area contributed by atoms with Crippen molar-refractivity contribution in [3.05, 3.63) is 29.8 Å². The van der Waals surface area contributed by atoms with Crippen LogP contribution in [0, 0.1) is 5.92 Å². The van der Waals surface area contributed by atoms with Gasteiger partial charge in [-0.3, -0.25) is 0 Å². The molecule has 18 heavy (non-hydrogen) atoms. The lowest BCUT2D eigenvalue weighted by Gasteiger charge is -2.19. The summed E-state index contributed by atoms with van der Waals surface area (Å²) in [4.78, 5) is 1.42. The predicted octanol–water partition coefficient (Wildman–Crippen LogP) is 4.42. The topological polar surface area (TPSA) is 26.0 Å². The summed E-state index contributed by atoms with van der Waals surface area (Å²) in [5, 5.41) is 0.853. The minimum absolute atomic E-state index is 0.496. The molecule has 0 aliphatic heterocycles. The number of benzene rings is 1. The Morgan fingerprint density at radius 1 is 1.17 bits per heavy atom. The third kappa shape index (κ3) is 3.52. The zero-order valence-electron chi connectivity index (χ0n) is 11.6. The van der Waals surface area contributed by atoms with Crippen molar-refractivity contribution < 1.29 is 0 Å². The van der Waals surface area contributed by atoms with Gasteiger partial charge >= 0.3 is 0 Å². The van der Waals surface area contributed by atoms with Gasteiger partial charge < -0.3 is 5.73 Å². The Balaban J connectivity index is 2.00. The van der Waals surface area contributed by atoms with Crippen molar-refractivity contribution in [2.24, 2.45) is 11.7 Å². The molecule has 2 heteroatoms. The van der Waals surface area contributed by atoms with Gasteiger partial charge in [0.1, 0.15) is 0 Å². The molecular formula is C16H25NS. The minimum Gasteiger partial charge on any atom is -0.330 e. The Morgan fingerprint density at radius 2 is 1.78 bits per heavy atom. The van der Waals surface area contributed by atoms with Gasteiger partial charge in [0, 0.05) is 10.1 Å². The highest BCUT2D eigenvalue weighted by molar-refractivity contribution is 8.00. The fraction of sp³-hybridized carbons (Fsp3) is 0.625. The quantitative estimate of drug-likeness (QED) is 0.851. The molecule has 1 fully saturated rings. The summed E-state index contributed by atoms with van der Waals surface area (Å²) in [5.41, 5.74) is 7.26. The van der Waals surface area contributed by atoms with Crippen molar-refractivity contribution in [1.82, 2.24) is 0 Å². The van der Waals surface area contributed by atoms with E-state index in [0.717, 1.165) is 11.8 Å². The number of hydrogen-bond donors (Lipinski definition) is 1. The van der Waals surface area contributed by atoms with E-state index in [4.69, 9.17) is 5.73 Å². The highest BCUT2D eigenvalue weighted by Crippen LogP contribution is 2.35. The van der Waals surface area contributed by atoms with E-state index in [2.05, 4.69) is 49.9 Å². The lowest BCUT2D eigenvalue weighted by atomic mass is 9.89. The Labute approximate surface area is 116 Å². The van der Waals surface area contributed by atoms with Gasteiger partial charge in [0.15, 0.2) is 0 Å². The van der Waals surface area contributed by atoms with E-state index in [0.29, 0.717) is 11.8 Å². The second-order valence-electron chi connectivity index (χ2n) is 5.68. The monoisotopic (exact) mass is 263 g/mol. The average Bonchev–Trinajstić information content (AvgIpc) is 2.84. The van der Waals surface area contributed by atoms with E-state index in [1.54, 1.807) is 0 Å². The maximum absolute atomic E-state index is 5.87. The average molecular weight is 263 g/mol. The predicted molar refractivity (Wildman–Crippen MR) is 81.2 cm³/mol. The van der Waals surface area contributed by atoms with Crippen LogP contribution in [-0.2, 0) is 0 Å². The molecule has 1 aliphatic carbocycles. The van der Waals surface area contributed by atoms with Crippen molar-refractivity contribution in [2.75, 3.05) is 6.54 Å². The summed E-state index contributed by atoms with van der Waals surface area (Å²) >= 11 is 2.06. The molecule has 0 heterocycles. The van der Waals surface area contributed by atoms with E-state index in [9.17, 15) is 0 Å². The van der Waals surface area contributed by atoms with E-state index >= 15 is 0 Å². The van der Waals surface area contributed by atoms with Crippen molar-refractivity contribution in [3.8, 4) is 0 Å². The van der Waals surface area contributed by atoms with Crippen LogP contribution in [0.1, 0.15) is 51.0 Å². The molecule has 1 saturated carbocycles. The van der Waals surface area contributed by atoms with Crippen LogP contribution in [0.2, 0.25) is 0 Å². The first-order chi connectivity index (χ1) is 8.70. The summed E-state index contributed by atoms with van der Waals surface area (Å²) in [6.07, 6.45) is 5.62. The SMILES string of the molecule is CC(C)C(CN)c1ccc(SC2CCCC2)cc1. The molecule has 1 nitrogen and oxygen atoms in total. The largest absolute Gasteiger partial charge is 0.330 e. The number of thioether (sulfide) groups is 1. The number of hydrogen-bond acceptors (Lipinski definition) is 2. The summed E-state index contributed by atoms with van der Waals surface area (Å²) in [5.74, 6) is 1.11. The van der Waals surface area contributed by atoms with Crippen LogP contribution in [-0.4, -0.2) is 11.8 Å². The van der Waals surface area contributed by atoms with Crippen molar-refractivity contribution in [3.63, 3.8) is 0 Å². The molecule has 0 saturated heterocycles.